The number of methoxy groups -OCH3 is 1. The summed E-state index contributed by atoms with van der Waals surface area (Å²) in [4.78, 5) is 113. The highest BCUT2D eigenvalue weighted by Crippen LogP contribution is 2.43. The highest BCUT2D eigenvalue weighted by atomic mass is 16.5. The Labute approximate surface area is 328 Å². The molecule has 1 fully saturated rings. The van der Waals surface area contributed by atoms with E-state index in [0.717, 1.165) is 9.47 Å². The Hall–Kier alpha value is -6.64. The quantitative estimate of drug-likeness (QED) is 0.115. The van der Waals surface area contributed by atoms with Crippen molar-refractivity contribution in [2.75, 3.05) is 13.7 Å². The summed E-state index contributed by atoms with van der Waals surface area (Å²) in [6, 6.07) is 4.60. The van der Waals surface area contributed by atoms with E-state index in [1.807, 2.05) is 13.8 Å². The molecule has 2 amide bonds. The monoisotopic (exact) mass is 791 g/mol. The minimum atomic E-state index is -1.17. The van der Waals surface area contributed by atoms with Crippen LogP contribution in [0.15, 0.2) is 54.3 Å². The number of nitrogens with zero attached hydrogens (tertiary/aromatic N) is 2. The van der Waals surface area contributed by atoms with Crippen LogP contribution < -0.4 is 37.3 Å². The summed E-state index contributed by atoms with van der Waals surface area (Å²) in [5.74, 6) is -3.97. The minimum absolute atomic E-state index is 0.00462. The number of phenols is 2. The first kappa shape index (κ1) is 39.6. The molecule has 0 bridgehead atoms. The summed E-state index contributed by atoms with van der Waals surface area (Å²) in [6.45, 7) is 9.27. The second kappa shape index (κ2) is 14.4. The molecule has 6 aromatic rings. The molecule has 5 aromatic carbocycles. The first-order chi connectivity index (χ1) is 27.5. The van der Waals surface area contributed by atoms with E-state index in [1.54, 1.807) is 20.8 Å². The molecule has 1 aliphatic heterocycles. The van der Waals surface area contributed by atoms with Gasteiger partial charge in [0.1, 0.15) is 35.9 Å². The number of hydrogen-bond acceptors (Lipinski definition) is 12. The Bertz CT molecular complexity index is 3090. The zero-order valence-corrected chi connectivity index (χ0v) is 32.9. The molecule has 1 saturated heterocycles. The average Bonchev–Trinajstić information content (AvgIpc) is 3.20. The van der Waals surface area contributed by atoms with Crippen LogP contribution in [0, 0.1) is 6.92 Å². The lowest BCUT2D eigenvalue weighted by Gasteiger charge is -2.37. The number of rotatable bonds is 8. The van der Waals surface area contributed by atoms with Crippen LogP contribution in [0.4, 0.5) is 0 Å². The number of carbonyl (C=O) groups is 3. The molecule has 58 heavy (non-hydrogen) atoms. The van der Waals surface area contributed by atoms with E-state index in [1.165, 1.54) is 44.4 Å². The highest BCUT2D eigenvalue weighted by molar-refractivity contribution is 6.23. The average molecular weight is 792 g/mol. The van der Waals surface area contributed by atoms with Crippen molar-refractivity contribution in [3.05, 3.63) is 92.8 Å². The van der Waals surface area contributed by atoms with Crippen molar-refractivity contribution in [1.29, 1.82) is 0 Å². The molecule has 4 unspecified atom stereocenters. The van der Waals surface area contributed by atoms with E-state index in [2.05, 4.69) is 5.32 Å². The number of amides is 2. The number of ether oxygens (including phenoxy) is 2. The molecule has 1 aliphatic rings. The molecule has 0 radical (unpaired) electrons. The molecule has 15 heteroatoms. The van der Waals surface area contributed by atoms with Crippen LogP contribution in [0.5, 0.6) is 17.2 Å². The van der Waals surface area contributed by atoms with Crippen LogP contribution in [0.3, 0.4) is 0 Å². The Kier molecular flexibility index (Phi) is 9.82. The topological polar surface area (TPSA) is 216 Å². The molecule has 0 aliphatic carbocycles. The van der Waals surface area contributed by atoms with Crippen molar-refractivity contribution in [3.63, 3.8) is 0 Å². The standard InChI is InChI=1S/C43H41N3O12/c1-8-17(3)25-14-23-31(42(55)46(25)16-27(48)45-15-24(44-41(54)20(45)6)43(56)58-19(5)9-2)37(51)29-21(35(23)49)11-12-22-30(29)38(52)33-34(40(22)57-7)36(50)28-18(4)10-13-26(47)32(28)39(33)53/h10-14,17,19-20,24,47,52H,8-9,15-16H2,1-7H3,(H,44,54). The third-order valence-corrected chi connectivity index (χ3v) is 11.6. The minimum Gasteiger partial charge on any atom is -0.507 e. The number of pyridine rings is 1. The first-order valence-electron chi connectivity index (χ1n) is 19.0. The number of phenolic OH excluding ortho intramolecular Hbond substituents is 2. The number of esters is 1. The molecule has 0 spiro atoms. The normalized spacial score (nSPS) is 16.9. The Morgan fingerprint density at radius 1 is 0.810 bits per heavy atom. The fraction of sp³-hybridized carbons (Fsp3) is 0.349. The van der Waals surface area contributed by atoms with Gasteiger partial charge in [-0.2, -0.15) is 0 Å². The summed E-state index contributed by atoms with van der Waals surface area (Å²) in [5, 5.41) is 22.1. The maximum absolute atomic E-state index is 14.8. The Morgan fingerprint density at radius 2 is 1.47 bits per heavy atom. The Morgan fingerprint density at radius 3 is 2.12 bits per heavy atom. The maximum atomic E-state index is 14.8. The van der Waals surface area contributed by atoms with E-state index in [4.69, 9.17) is 9.47 Å². The second-order valence-electron chi connectivity index (χ2n) is 15.0. The molecule has 0 saturated carbocycles. The van der Waals surface area contributed by atoms with Gasteiger partial charge >= 0.3 is 5.97 Å². The van der Waals surface area contributed by atoms with E-state index in [0.29, 0.717) is 18.4 Å². The molecule has 1 aromatic heterocycles. The number of nitrogens with one attached hydrogen (secondary N) is 1. The molecular weight excluding hydrogens is 750 g/mol. The van der Waals surface area contributed by atoms with E-state index >= 15 is 0 Å². The molecule has 3 N–H and O–H groups in total. The number of piperazine rings is 1. The van der Waals surface area contributed by atoms with Crippen molar-refractivity contribution in [2.24, 2.45) is 0 Å². The summed E-state index contributed by atoms with van der Waals surface area (Å²) < 4.78 is 12.1. The number of carbonyl (C=O) groups excluding carboxylic acids is 3. The van der Waals surface area contributed by atoms with Crippen molar-refractivity contribution >= 4 is 71.6 Å². The Balaban J connectivity index is 1.50. The van der Waals surface area contributed by atoms with E-state index in [9.17, 15) is 48.6 Å². The second-order valence-corrected chi connectivity index (χ2v) is 15.0. The van der Waals surface area contributed by atoms with Gasteiger partial charge in [-0.25, -0.2) is 4.79 Å². The van der Waals surface area contributed by atoms with Gasteiger partial charge in [-0.05, 0) is 69.4 Å². The fourth-order valence-corrected chi connectivity index (χ4v) is 8.06. The van der Waals surface area contributed by atoms with Gasteiger partial charge in [-0.3, -0.25) is 33.6 Å². The van der Waals surface area contributed by atoms with Gasteiger partial charge in [-0.15, -0.1) is 0 Å². The van der Waals surface area contributed by atoms with Gasteiger partial charge in [-0.1, -0.05) is 26.8 Å². The van der Waals surface area contributed by atoms with Gasteiger partial charge < -0.3 is 34.5 Å². The van der Waals surface area contributed by atoms with E-state index < -0.39 is 103 Å². The van der Waals surface area contributed by atoms with Gasteiger partial charge in [0.2, 0.25) is 22.7 Å². The van der Waals surface area contributed by atoms with Crippen LogP contribution in [-0.2, 0) is 25.7 Å². The number of aryl methyl sites for hydroxylation is 1. The third-order valence-electron chi connectivity index (χ3n) is 11.6. The number of fused-ring (bicyclic) bond motifs is 6. The van der Waals surface area contributed by atoms with Crippen LogP contribution >= 0.6 is 0 Å². The first-order valence-corrected chi connectivity index (χ1v) is 19.0. The van der Waals surface area contributed by atoms with Gasteiger partial charge in [0.25, 0.3) is 5.56 Å². The lowest BCUT2D eigenvalue weighted by Crippen LogP contribution is -2.63. The van der Waals surface area contributed by atoms with Gasteiger partial charge in [0, 0.05) is 38.0 Å². The fourth-order valence-electron chi connectivity index (χ4n) is 8.06. The summed E-state index contributed by atoms with van der Waals surface area (Å²) >= 11 is 0. The van der Waals surface area contributed by atoms with Crippen molar-refractivity contribution in [1.82, 2.24) is 14.8 Å². The lowest BCUT2D eigenvalue weighted by molar-refractivity contribution is -0.158. The van der Waals surface area contributed by atoms with Crippen molar-refractivity contribution in [2.45, 2.75) is 85.0 Å². The van der Waals surface area contributed by atoms with E-state index in [-0.39, 0.29) is 55.7 Å². The molecule has 2 heterocycles. The van der Waals surface area contributed by atoms with Crippen LogP contribution in [-0.4, -0.2) is 69.3 Å². The SMILES string of the molecule is CCC(C)OC(=O)C1CN(C(=O)Cn2c(C(C)CC)cc3c(=O)c4ccc5c(OC)c6c(=O)c7c(C)ccc(O)c7c(=O)c6c(O)c5c4c(=O)c3c2=O)C(C)C(=O)N1. The number of benzene rings is 5. The number of hydrogen-bond donors (Lipinski definition) is 3. The highest BCUT2D eigenvalue weighted by Gasteiger charge is 2.39. The predicted molar refractivity (Wildman–Crippen MR) is 218 cm³/mol. The zero-order valence-electron chi connectivity index (χ0n) is 32.9. The predicted octanol–water partition coefficient (Wildman–Crippen LogP) is 3.23. The third kappa shape index (κ3) is 5.78. The van der Waals surface area contributed by atoms with Crippen LogP contribution in [0.1, 0.15) is 64.6 Å². The summed E-state index contributed by atoms with van der Waals surface area (Å²) in [5.41, 5.74) is -3.73. The smallest absolute Gasteiger partial charge is 0.330 e. The summed E-state index contributed by atoms with van der Waals surface area (Å²) in [6.07, 6.45) is 0.553. The lowest BCUT2D eigenvalue weighted by atomic mass is 9.90. The molecular formula is C43H41N3O12. The van der Waals surface area contributed by atoms with Crippen LogP contribution in [0.2, 0.25) is 0 Å². The van der Waals surface area contributed by atoms with Crippen molar-refractivity contribution < 1.29 is 34.1 Å². The van der Waals surface area contributed by atoms with Gasteiger partial charge in [0.15, 0.2) is 10.9 Å². The van der Waals surface area contributed by atoms with Crippen LogP contribution in [0.25, 0.3) is 53.9 Å². The zero-order chi connectivity index (χ0) is 42.2. The van der Waals surface area contributed by atoms with Crippen molar-refractivity contribution in [3.8, 4) is 17.2 Å². The molecule has 4 atom stereocenters. The number of aromatic nitrogens is 1. The molecule has 15 nitrogen and oxygen atoms in total. The largest absolute Gasteiger partial charge is 0.507 e. The maximum Gasteiger partial charge on any atom is 0.330 e. The number of aromatic hydroxyl groups is 2. The molecule has 7 rings (SSSR count). The van der Waals surface area contributed by atoms with Gasteiger partial charge in [0.05, 0.1) is 41.3 Å². The molecule has 300 valence electrons. The summed E-state index contributed by atoms with van der Waals surface area (Å²) in [7, 11) is 1.23.